The molecule has 102 valence electrons. The predicted octanol–water partition coefficient (Wildman–Crippen LogP) is 4.31. The van der Waals surface area contributed by atoms with Crippen molar-refractivity contribution in [2.75, 3.05) is 5.32 Å². The van der Waals surface area contributed by atoms with E-state index in [4.69, 9.17) is 4.98 Å². The van der Waals surface area contributed by atoms with Gasteiger partial charge in [0.25, 0.3) is 0 Å². The largest absolute Gasteiger partial charge is 0.367 e. The summed E-state index contributed by atoms with van der Waals surface area (Å²) in [6.07, 6.45) is 7.51. The fraction of sp³-hybridized carbons (Fsp3) is 0.600. The second kappa shape index (κ2) is 5.45. The molecule has 0 radical (unpaired) electrons. The van der Waals surface area contributed by atoms with E-state index in [9.17, 15) is 0 Å². The number of nitrogens with zero attached hydrogens (tertiary/aromatic N) is 2. The van der Waals surface area contributed by atoms with Crippen molar-refractivity contribution in [3.05, 3.63) is 16.8 Å². The number of anilines is 1. The van der Waals surface area contributed by atoms with E-state index >= 15 is 0 Å². The highest BCUT2D eigenvalue weighted by Crippen LogP contribution is 2.30. The van der Waals surface area contributed by atoms with Crippen molar-refractivity contribution < 1.29 is 0 Å². The highest BCUT2D eigenvalue weighted by atomic mass is 32.1. The number of nitrogens with one attached hydrogen (secondary N) is 1. The first kappa shape index (κ1) is 12.9. The Morgan fingerprint density at radius 1 is 1.26 bits per heavy atom. The highest BCUT2D eigenvalue weighted by Gasteiger charge is 2.16. The summed E-state index contributed by atoms with van der Waals surface area (Å²) in [5, 5.41) is 4.87. The van der Waals surface area contributed by atoms with Gasteiger partial charge >= 0.3 is 0 Å². The normalized spacial score (nSPS) is 16.9. The molecule has 0 aromatic carbocycles. The summed E-state index contributed by atoms with van der Waals surface area (Å²) in [4.78, 5) is 11.8. The van der Waals surface area contributed by atoms with E-state index in [0.29, 0.717) is 6.04 Å². The van der Waals surface area contributed by atoms with Gasteiger partial charge in [-0.05, 0) is 25.8 Å². The van der Waals surface area contributed by atoms with Crippen molar-refractivity contribution in [2.45, 2.75) is 58.4 Å². The molecule has 0 spiro atoms. The van der Waals surface area contributed by atoms with Crippen LogP contribution in [0.25, 0.3) is 10.2 Å². The maximum absolute atomic E-state index is 4.71. The smallest absolute Gasteiger partial charge is 0.138 e. The maximum Gasteiger partial charge on any atom is 0.138 e. The van der Waals surface area contributed by atoms with E-state index in [1.54, 1.807) is 11.3 Å². The molecule has 3 rings (SSSR count). The summed E-state index contributed by atoms with van der Waals surface area (Å²) < 4.78 is 0. The molecular weight excluding hydrogens is 254 g/mol. The van der Waals surface area contributed by atoms with Gasteiger partial charge in [-0.2, -0.15) is 0 Å². The predicted molar refractivity (Wildman–Crippen MR) is 82.0 cm³/mol. The summed E-state index contributed by atoms with van der Waals surface area (Å²) in [6, 6.07) is 2.81. The molecule has 1 aliphatic carbocycles. The van der Waals surface area contributed by atoms with Crippen molar-refractivity contribution >= 4 is 27.4 Å². The number of hydrogen-bond donors (Lipinski definition) is 1. The third kappa shape index (κ3) is 2.73. The Morgan fingerprint density at radius 3 is 2.79 bits per heavy atom. The van der Waals surface area contributed by atoms with Crippen LogP contribution >= 0.6 is 11.3 Å². The van der Waals surface area contributed by atoms with Crippen LogP contribution in [-0.2, 0) is 6.42 Å². The maximum atomic E-state index is 4.71. The average molecular weight is 275 g/mol. The second-order valence-corrected chi connectivity index (χ2v) is 6.63. The molecule has 2 heterocycles. The molecule has 0 aliphatic heterocycles. The van der Waals surface area contributed by atoms with Crippen LogP contribution in [0.5, 0.6) is 0 Å². The van der Waals surface area contributed by atoms with Crippen LogP contribution in [0.4, 0.5) is 5.82 Å². The van der Waals surface area contributed by atoms with Crippen LogP contribution in [0.2, 0.25) is 0 Å². The van der Waals surface area contributed by atoms with E-state index < -0.39 is 0 Å². The molecule has 0 bridgehead atoms. The zero-order valence-corrected chi connectivity index (χ0v) is 12.5. The summed E-state index contributed by atoms with van der Waals surface area (Å²) in [5.74, 6) is 2.01. The first-order valence-corrected chi connectivity index (χ1v) is 8.11. The molecule has 1 N–H and O–H groups in total. The molecule has 3 nitrogen and oxygen atoms in total. The highest BCUT2D eigenvalue weighted by molar-refractivity contribution is 7.18. The average Bonchev–Trinajstić information content (AvgIpc) is 2.80. The lowest BCUT2D eigenvalue weighted by Gasteiger charge is -2.23. The Kier molecular flexibility index (Phi) is 3.69. The van der Waals surface area contributed by atoms with Crippen molar-refractivity contribution in [1.29, 1.82) is 0 Å². The minimum atomic E-state index is 0.594. The summed E-state index contributed by atoms with van der Waals surface area (Å²) in [5.41, 5.74) is 0. The van der Waals surface area contributed by atoms with E-state index in [1.165, 1.54) is 42.4 Å². The Labute approximate surface area is 118 Å². The molecule has 1 fully saturated rings. The summed E-state index contributed by atoms with van der Waals surface area (Å²) in [7, 11) is 0. The monoisotopic (exact) mass is 275 g/mol. The van der Waals surface area contributed by atoms with Crippen LogP contribution in [-0.4, -0.2) is 16.0 Å². The molecule has 2 aromatic heterocycles. The molecule has 0 saturated heterocycles. The van der Waals surface area contributed by atoms with Crippen LogP contribution in [0.15, 0.2) is 6.07 Å². The number of aromatic nitrogens is 2. The zero-order chi connectivity index (χ0) is 13.2. The SMILES string of the molecule is CCc1nc(NC2CCCCC2)c2cc(C)sc2n1. The second-order valence-electron chi connectivity index (χ2n) is 5.40. The molecule has 1 aliphatic rings. The van der Waals surface area contributed by atoms with Gasteiger partial charge in [0, 0.05) is 17.3 Å². The Hall–Kier alpha value is -1.16. The molecular formula is C15H21N3S. The Morgan fingerprint density at radius 2 is 2.05 bits per heavy atom. The molecule has 19 heavy (non-hydrogen) atoms. The van der Waals surface area contributed by atoms with Crippen LogP contribution in [0.3, 0.4) is 0 Å². The number of aryl methyl sites for hydroxylation is 2. The van der Waals surface area contributed by atoms with E-state index in [1.807, 2.05) is 0 Å². The fourth-order valence-electron chi connectivity index (χ4n) is 2.79. The molecule has 4 heteroatoms. The molecule has 0 atom stereocenters. The van der Waals surface area contributed by atoms with E-state index in [-0.39, 0.29) is 0 Å². The number of hydrogen-bond acceptors (Lipinski definition) is 4. The Bertz CT molecular complexity index is 570. The minimum absolute atomic E-state index is 0.594. The van der Waals surface area contributed by atoms with Crippen LogP contribution < -0.4 is 5.32 Å². The molecule has 2 aromatic rings. The number of thiophene rings is 1. The quantitative estimate of drug-likeness (QED) is 0.907. The lowest BCUT2D eigenvalue weighted by molar-refractivity contribution is 0.462. The van der Waals surface area contributed by atoms with Gasteiger partial charge in [0.1, 0.15) is 16.5 Å². The molecule has 0 unspecified atom stereocenters. The molecule has 1 saturated carbocycles. The minimum Gasteiger partial charge on any atom is -0.367 e. The topological polar surface area (TPSA) is 37.8 Å². The number of rotatable bonds is 3. The van der Waals surface area contributed by atoms with Gasteiger partial charge in [-0.3, -0.25) is 0 Å². The standard InChI is InChI=1S/C15H21N3S/c1-3-13-17-14(16-11-7-5-4-6-8-11)12-9-10(2)19-15(12)18-13/h9,11H,3-8H2,1-2H3,(H,16,17,18). The van der Waals surface area contributed by atoms with Gasteiger partial charge in [-0.15, -0.1) is 11.3 Å². The van der Waals surface area contributed by atoms with Crippen molar-refractivity contribution in [3.63, 3.8) is 0 Å². The fourth-order valence-corrected chi connectivity index (χ4v) is 3.69. The van der Waals surface area contributed by atoms with Crippen molar-refractivity contribution in [3.8, 4) is 0 Å². The van der Waals surface area contributed by atoms with Gasteiger partial charge in [-0.1, -0.05) is 26.2 Å². The van der Waals surface area contributed by atoms with Crippen LogP contribution in [0, 0.1) is 6.92 Å². The summed E-state index contributed by atoms with van der Waals surface area (Å²) in [6.45, 7) is 4.26. The third-order valence-corrected chi connectivity index (χ3v) is 4.77. The van der Waals surface area contributed by atoms with Crippen molar-refractivity contribution in [1.82, 2.24) is 9.97 Å². The van der Waals surface area contributed by atoms with Gasteiger partial charge < -0.3 is 5.32 Å². The molecule has 0 amide bonds. The van der Waals surface area contributed by atoms with E-state index in [2.05, 4.69) is 30.2 Å². The third-order valence-electron chi connectivity index (χ3n) is 3.82. The first-order chi connectivity index (χ1) is 9.26. The van der Waals surface area contributed by atoms with Crippen molar-refractivity contribution in [2.24, 2.45) is 0 Å². The van der Waals surface area contributed by atoms with Gasteiger partial charge in [0.05, 0.1) is 5.39 Å². The zero-order valence-electron chi connectivity index (χ0n) is 11.7. The van der Waals surface area contributed by atoms with E-state index in [0.717, 1.165) is 22.9 Å². The number of fused-ring (bicyclic) bond motifs is 1. The summed E-state index contributed by atoms with van der Waals surface area (Å²) >= 11 is 1.77. The Balaban J connectivity index is 1.95. The van der Waals surface area contributed by atoms with Gasteiger partial charge in [0.15, 0.2) is 0 Å². The lowest BCUT2D eigenvalue weighted by Crippen LogP contribution is -2.23. The lowest BCUT2D eigenvalue weighted by atomic mass is 9.95. The van der Waals surface area contributed by atoms with Gasteiger partial charge in [0.2, 0.25) is 0 Å². The first-order valence-electron chi connectivity index (χ1n) is 7.30. The van der Waals surface area contributed by atoms with Crippen LogP contribution in [0.1, 0.15) is 49.7 Å². The van der Waals surface area contributed by atoms with Gasteiger partial charge in [-0.25, -0.2) is 9.97 Å².